The second-order valence-electron chi connectivity index (χ2n) is 4.22. The van der Waals surface area contributed by atoms with Crippen LogP contribution in [-0.4, -0.2) is 0 Å². The fraction of sp³-hybridized carbons (Fsp3) is 0.200. The van der Waals surface area contributed by atoms with Gasteiger partial charge in [-0.25, -0.2) is 4.39 Å². The van der Waals surface area contributed by atoms with E-state index in [0.29, 0.717) is 5.56 Å². The van der Waals surface area contributed by atoms with E-state index in [2.05, 4.69) is 37.2 Å². The third-order valence-electron chi connectivity index (χ3n) is 2.97. The van der Waals surface area contributed by atoms with Crippen LogP contribution in [0.2, 0.25) is 0 Å². The van der Waals surface area contributed by atoms with E-state index in [1.54, 1.807) is 6.07 Å². The Hall–Kier alpha value is -0.870. The molecular weight excluding hydrogens is 373 g/mol. The molecule has 2 rings (SSSR count). The van der Waals surface area contributed by atoms with E-state index in [1.165, 1.54) is 6.07 Å². The number of hydrogen-bond donors (Lipinski definition) is 1. The van der Waals surface area contributed by atoms with Crippen molar-refractivity contribution in [2.24, 2.45) is 0 Å². The molecule has 1 unspecified atom stereocenters. The summed E-state index contributed by atoms with van der Waals surface area (Å²) in [6.45, 7) is 2.04. The predicted octanol–water partition coefficient (Wildman–Crippen LogP) is 5.91. The van der Waals surface area contributed by atoms with Gasteiger partial charge in [-0.2, -0.15) is 0 Å². The Kier molecular flexibility index (Phi) is 4.99. The second kappa shape index (κ2) is 6.53. The summed E-state index contributed by atoms with van der Waals surface area (Å²) in [6, 6.07) is 12.7. The van der Waals surface area contributed by atoms with Crippen LogP contribution in [0.5, 0.6) is 0 Å². The highest BCUT2D eigenvalue weighted by Gasteiger charge is 2.15. The zero-order valence-corrected chi connectivity index (χ0v) is 13.6. The van der Waals surface area contributed by atoms with Gasteiger partial charge in [-0.15, -0.1) is 0 Å². The van der Waals surface area contributed by atoms with Crippen LogP contribution >= 0.6 is 31.9 Å². The fourth-order valence-corrected chi connectivity index (χ4v) is 3.19. The summed E-state index contributed by atoms with van der Waals surface area (Å²) in [7, 11) is 0. The lowest BCUT2D eigenvalue weighted by Crippen LogP contribution is -2.12. The van der Waals surface area contributed by atoms with Crippen molar-refractivity contribution < 1.29 is 4.39 Å². The van der Waals surface area contributed by atoms with Gasteiger partial charge in [-0.1, -0.05) is 31.2 Å². The van der Waals surface area contributed by atoms with E-state index in [4.69, 9.17) is 0 Å². The van der Waals surface area contributed by atoms with Gasteiger partial charge in [-0.05, 0) is 56.5 Å². The van der Waals surface area contributed by atoms with Gasteiger partial charge in [0.2, 0.25) is 0 Å². The molecule has 0 spiro atoms. The molecule has 1 N–H and O–H groups in total. The Balaban J connectivity index is 2.32. The van der Waals surface area contributed by atoms with E-state index in [-0.39, 0.29) is 11.9 Å². The highest BCUT2D eigenvalue weighted by Crippen LogP contribution is 2.34. The first-order valence-corrected chi connectivity index (χ1v) is 7.67. The normalized spacial score (nSPS) is 12.2. The van der Waals surface area contributed by atoms with Gasteiger partial charge in [0.05, 0.1) is 11.7 Å². The Morgan fingerprint density at radius 2 is 1.68 bits per heavy atom. The molecule has 0 aliphatic carbocycles. The molecule has 4 heteroatoms. The van der Waals surface area contributed by atoms with E-state index in [9.17, 15) is 4.39 Å². The van der Waals surface area contributed by atoms with Crippen LogP contribution in [0.4, 0.5) is 10.1 Å². The van der Waals surface area contributed by atoms with Crippen molar-refractivity contribution in [2.75, 3.05) is 5.32 Å². The molecule has 1 nitrogen and oxygen atoms in total. The van der Waals surface area contributed by atoms with Crippen LogP contribution < -0.4 is 5.32 Å². The highest BCUT2D eigenvalue weighted by atomic mass is 79.9. The first-order chi connectivity index (χ1) is 9.13. The van der Waals surface area contributed by atoms with Gasteiger partial charge in [0.15, 0.2) is 0 Å². The third kappa shape index (κ3) is 3.37. The van der Waals surface area contributed by atoms with Gasteiger partial charge in [-0.3, -0.25) is 0 Å². The summed E-state index contributed by atoms with van der Waals surface area (Å²) in [5.74, 6) is -0.176. The third-order valence-corrected chi connectivity index (χ3v) is 4.29. The Bertz CT molecular complexity index is 552. The zero-order chi connectivity index (χ0) is 13.8. The quantitative estimate of drug-likeness (QED) is 0.688. The molecular formula is C15H14Br2FN. The maximum absolute atomic E-state index is 13.9. The topological polar surface area (TPSA) is 12.0 Å². The van der Waals surface area contributed by atoms with Crippen molar-refractivity contribution >= 4 is 37.5 Å². The lowest BCUT2D eigenvalue weighted by molar-refractivity contribution is 0.587. The molecule has 0 saturated carbocycles. The number of rotatable bonds is 4. The maximum atomic E-state index is 13.9. The van der Waals surface area contributed by atoms with Gasteiger partial charge in [0, 0.05) is 14.5 Å². The molecule has 19 heavy (non-hydrogen) atoms. The Labute approximate surface area is 129 Å². The fourth-order valence-electron chi connectivity index (χ4n) is 1.97. The summed E-state index contributed by atoms with van der Waals surface area (Å²) in [5, 5.41) is 3.39. The van der Waals surface area contributed by atoms with Gasteiger partial charge in [0.1, 0.15) is 5.82 Å². The molecule has 0 aliphatic heterocycles. The van der Waals surface area contributed by atoms with E-state index in [0.717, 1.165) is 21.1 Å². The molecule has 0 bridgehead atoms. The second-order valence-corrected chi connectivity index (χ2v) is 5.93. The number of para-hydroxylation sites is 1. The van der Waals surface area contributed by atoms with Crippen LogP contribution in [0.25, 0.3) is 0 Å². The van der Waals surface area contributed by atoms with Crippen LogP contribution in [-0.2, 0) is 0 Å². The number of hydrogen-bond acceptors (Lipinski definition) is 1. The molecule has 2 aromatic rings. The molecule has 0 amide bonds. The number of anilines is 1. The SMILES string of the molecule is CCC(Nc1c(Br)cccc1Br)c1ccccc1F. The predicted molar refractivity (Wildman–Crippen MR) is 84.9 cm³/mol. The Morgan fingerprint density at radius 1 is 1.05 bits per heavy atom. The van der Waals surface area contributed by atoms with Crippen LogP contribution in [0.15, 0.2) is 51.4 Å². The molecule has 0 fully saturated rings. The maximum Gasteiger partial charge on any atom is 0.128 e. The number of halogens is 3. The van der Waals surface area contributed by atoms with Crippen molar-refractivity contribution in [3.8, 4) is 0 Å². The summed E-state index contributed by atoms with van der Waals surface area (Å²) >= 11 is 7.02. The van der Waals surface area contributed by atoms with Crippen molar-refractivity contribution in [1.82, 2.24) is 0 Å². The minimum Gasteiger partial charge on any atom is -0.376 e. The largest absolute Gasteiger partial charge is 0.376 e. The summed E-state index contributed by atoms with van der Waals surface area (Å²) < 4.78 is 15.8. The molecule has 0 radical (unpaired) electrons. The van der Waals surface area contributed by atoms with Crippen molar-refractivity contribution in [3.05, 3.63) is 62.8 Å². The monoisotopic (exact) mass is 385 g/mol. The van der Waals surface area contributed by atoms with E-state index >= 15 is 0 Å². The van der Waals surface area contributed by atoms with Gasteiger partial charge >= 0.3 is 0 Å². The summed E-state index contributed by atoms with van der Waals surface area (Å²) in [4.78, 5) is 0. The average Bonchev–Trinajstić information content (AvgIpc) is 2.40. The first kappa shape index (κ1) is 14.5. The minimum atomic E-state index is -0.176. The van der Waals surface area contributed by atoms with E-state index in [1.807, 2.05) is 37.3 Å². The lowest BCUT2D eigenvalue weighted by Gasteiger charge is -2.21. The van der Waals surface area contributed by atoms with Crippen molar-refractivity contribution in [3.63, 3.8) is 0 Å². The van der Waals surface area contributed by atoms with Gasteiger partial charge < -0.3 is 5.32 Å². The first-order valence-electron chi connectivity index (χ1n) is 6.08. The van der Waals surface area contributed by atoms with Crippen molar-refractivity contribution in [1.29, 1.82) is 0 Å². The van der Waals surface area contributed by atoms with Crippen LogP contribution in [0, 0.1) is 5.82 Å². The highest BCUT2D eigenvalue weighted by molar-refractivity contribution is 9.11. The summed E-state index contributed by atoms with van der Waals surface area (Å²) in [6.07, 6.45) is 0.800. The molecule has 100 valence electrons. The molecule has 0 saturated heterocycles. The minimum absolute atomic E-state index is 0.0591. The lowest BCUT2D eigenvalue weighted by atomic mass is 10.0. The van der Waals surface area contributed by atoms with Crippen LogP contribution in [0.1, 0.15) is 24.9 Å². The van der Waals surface area contributed by atoms with Gasteiger partial charge in [0.25, 0.3) is 0 Å². The average molecular weight is 387 g/mol. The van der Waals surface area contributed by atoms with Crippen LogP contribution in [0.3, 0.4) is 0 Å². The standard InChI is InChI=1S/C15H14Br2FN/c1-2-14(10-6-3-4-9-13(10)18)19-15-11(16)7-5-8-12(15)17/h3-9,14,19H,2H2,1H3. The molecule has 2 aromatic carbocycles. The zero-order valence-electron chi connectivity index (χ0n) is 10.5. The van der Waals surface area contributed by atoms with Crippen molar-refractivity contribution in [2.45, 2.75) is 19.4 Å². The number of benzene rings is 2. The smallest absolute Gasteiger partial charge is 0.128 e. The molecule has 0 aromatic heterocycles. The summed E-state index contributed by atoms with van der Waals surface area (Å²) in [5.41, 5.74) is 1.63. The Morgan fingerprint density at radius 3 is 2.26 bits per heavy atom. The molecule has 0 heterocycles. The van der Waals surface area contributed by atoms with E-state index < -0.39 is 0 Å². The molecule has 1 atom stereocenters. The number of nitrogens with one attached hydrogen (secondary N) is 1. The molecule has 0 aliphatic rings.